The number of hydrogen-bond donors (Lipinski definition) is 1. The number of fused-ring (bicyclic) bond motifs is 1. The molecule has 0 spiro atoms. The van der Waals surface area contributed by atoms with Crippen LogP contribution in [0.15, 0.2) is 36.7 Å². The maximum atomic E-state index is 4.50. The normalized spacial score (nSPS) is 17.6. The fourth-order valence-electron chi connectivity index (χ4n) is 2.64. The summed E-state index contributed by atoms with van der Waals surface area (Å²) < 4.78 is 0. The molecule has 4 nitrogen and oxygen atoms in total. The van der Waals surface area contributed by atoms with E-state index in [0.717, 1.165) is 24.5 Å². The van der Waals surface area contributed by atoms with Gasteiger partial charge in [0.25, 0.3) is 0 Å². The highest BCUT2D eigenvalue weighted by molar-refractivity contribution is 5.66. The van der Waals surface area contributed by atoms with Crippen molar-refractivity contribution in [1.29, 1.82) is 0 Å². The van der Waals surface area contributed by atoms with Crippen LogP contribution in [0.1, 0.15) is 18.1 Å². The Morgan fingerprint density at radius 2 is 2.00 bits per heavy atom. The molecule has 1 aliphatic rings. The van der Waals surface area contributed by atoms with Crippen LogP contribution >= 0.6 is 0 Å². The van der Waals surface area contributed by atoms with Crippen LogP contribution in [0.25, 0.3) is 0 Å². The molecular formula is C15H18N4. The van der Waals surface area contributed by atoms with Gasteiger partial charge in [0.15, 0.2) is 0 Å². The SMILES string of the molecule is CNCc1cnc(N2c3ccccc3CC2C)nc1. The number of nitrogens with one attached hydrogen (secondary N) is 1. The third-order valence-corrected chi connectivity index (χ3v) is 3.50. The second kappa shape index (κ2) is 4.97. The van der Waals surface area contributed by atoms with Crippen LogP contribution in [0.4, 0.5) is 11.6 Å². The summed E-state index contributed by atoms with van der Waals surface area (Å²) in [6, 6.07) is 8.89. The van der Waals surface area contributed by atoms with Crippen molar-refractivity contribution in [3.63, 3.8) is 0 Å². The maximum Gasteiger partial charge on any atom is 0.230 e. The Morgan fingerprint density at radius 1 is 1.26 bits per heavy atom. The molecule has 0 aliphatic carbocycles. The minimum atomic E-state index is 0.410. The second-order valence-electron chi connectivity index (χ2n) is 4.97. The van der Waals surface area contributed by atoms with Gasteiger partial charge < -0.3 is 10.2 Å². The molecule has 1 N–H and O–H groups in total. The predicted octanol–water partition coefficient (Wildman–Crippen LogP) is 2.28. The van der Waals surface area contributed by atoms with Crippen molar-refractivity contribution in [2.75, 3.05) is 11.9 Å². The summed E-state index contributed by atoms with van der Waals surface area (Å²) in [7, 11) is 1.92. The van der Waals surface area contributed by atoms with Gasteiger partial charge in [-0.1, -0.05) is 18.2 Å². The zero-order valence-corrected chi connectivity index (χ0v) is 11.3. The van der Waals surface area contributed by atoms with Gasteiger partial charge in [-0.25, -0.2) is 9.97 Å². The minimum absolute atomic E-state index is 0.410. The van der Waals surface area contributed by atoms with Gasteiger partial charge in [0.1, 0.15) is 0 Å². The van der Waals surface area contributed by atoms with E-state index in [1.807, 2.05) is 19.4 Å². The number of aromatic nitrogens is 2. The molecule has 0 bridgehead atoms. The highest BCUT2D eigenvalue weighted by atomic mass is 15.3. The van der Waals surface area contributed by atoms with Crippen molar-refractivity contribution in [3.8, 4) is 0 Å². The maximum absolute atomic E-state index is 4.50. The summed E-state index contributed by atoms with van der Waals surface area (Å²) in [6.07, 6.45) is 4.84. The van der Waals surface area contributed by atoms with Gasteiger partial charge in [0, 0.05) is 36.2 Å². The van der Waals surface area contributed by atoms with E-state index in [4.69, 9.17) is 0 Å². The van der Waals surface area contributed by atoms with Crippen molar-refractivity contribution in [2.24, 2.45) is 0 Å². The molecule has 19 heavy (non-hydrogen) atoms. The first-order valence-corrected chi connectivity index (χ1v) is 6.62. The quantitative estimate of drug-likeness (QED) is 0.912. The van der Waals surface area contributed by atoms with Crippen molar-refractivity contribution < 1.29 is 0 Å². The van der Waals surface area contributed by atoms with Crippen molar-refractivity contribution >= 4 is 11.6 Å². The predicted molar refractivity (Wildman–Crippen MR) is 76.5 cm³/mol. The Morgan fingerprint density at radius 3 is 2.74 bits per heavy atom. The molecule has 1 unspecified atom stereocenters. The molecule has 2 heterocycles. The topological polar surface area (TPSA) is 41.1 Å². The van der Waals surface area contributed by atoms with E-state index in [1.165, 1.54) is 11.3 Å². The van der Waals surface area contributed by atoms with Gasteiger partial charge in [-0.2, -0.15) is 0 Å². The van der Waals surface area contributed by atoms with Gasteiger partial charge in [0.05, 0.1) is 0 Å². The van der Waals surface area contributed by atoms with Crippen LogP contribution in [0.5, 0.6) is 0 Å². The smallest absolute Gasteiger partial charge is 0.230 e. The van der Waals surface area contributed by atoms with E-state index in [2.05, 4.69) is 51.4 Å². The molecule has 0 radical (unpaired) electrons. The first kappa shape index (κ1) is 12.1. The Kier molecular flexibility index (Phi) is 3.17. The number of anilines is 2. The number of rotatable bonds is 3. The Hall–Kier alpha value is -1.94. The minimum Gasteiger partial charge on any atom is -0.316 e. The molecule has 2 aromatic rings. The lowest BCUT2D eigenvalue weighted by molar-refractivity contribution is 0.735. The molecule has 1 aliphatic heterocycles. The Labute approximate surface area is 113 Å². The first-order chi connectivity index (χ1) is 9.29. The summed E-state index contributed by atoms with van der Waals surface area (Å²) in [5.74, 6) is 0.789. The molecule has 0 fully saturated rings. The average Bonchev–Trinajstić information content (AvgIpc) is 2.76. The van der Waals surface area contributed by atoms with E-state index in [0.29, 0.717) is 6.04 Å². The van der Waals surface area contributed by atoms with Crippen LogP contribution in [-0.4, -0.2) is 23.1 Å². The molecule has 0 saturated carbocycles. The molecule has 4 heteroatoms. The molecule has 3 rings (SSSR count). The molecule has 0 saturated heterocycles. The van der Waals surface area contributed by atoms with Crippen LogP contribution in [-0.2, 0) is 13.0 Å². The number of benzene rings is 1. The molecule has 1 aromatic heterocycles. The third-order valence-electron chi connectivity index (χ3n) is 3.50. The standard InChI is InChI=1S/C15H18N4/c1-11-7-13-5-3-4-6-14(13)19(11)15-17-9-12(8-16-2)10-18-15/h3-6,9-11,16H,7-8H2,1-2H3. The summed E-state index contributed by atoms with van der Waals surface area (Å²) in [6.45, 7) is 3.01. The molecular weight excluding hydrogens is 236 g/mol. The van der Waals surface area contributed by atoms with Crippen molar-refractivity contribution in [1.82, 2.24) is 15.3 Å². The van der Waals surface area contributed by atoms with Gasteiger partial charge in [-0.3, -0.25) is 0 Å². The van der Waals surface area contributed by atoms with E-state index >= 15 is 0 Å². The summed E-state index contributed by atoms with van der Waals surface area (Å²) in [5.41, 5.74) is 3.71. The van der Waals surface area contributed by atoms with Crippen LogP contribution in [0, 0.1) is 0 Å². The fraction of sp³-hybridized carbons (Fsp3) is 0.333. The number of para-hydroxylation sites is 1. The van der Waals surface area contributed by atoms with Gasteiger partial charge in [-0.15, -0.1) is 0 Å². The van der Waals surface area contributed by atoms with Gasteiger partial charge in [0.2, 0.25) is 5.95 Å². The second-order valence-corrected chi connectivity index (χ2v) is 4.97. The Bertz CT molecular complexity index is 565. The fourth-order valence-corrected chi connectivity index (χ4v) is 2.64. The summed E-state index contributed by atoms with van der Waals surface area (Å²) in [4.78, 5) is 11.2. The number of hydrogen-bond acceptors (Lipinski definition) is 4. The highest BCUT2D eigenvalue weighted by Crippen LogP contribution is 2.35. The van der Waals surface area contributed by atoms with Crippen LogP contribution in [0.2, 0.25) is 0 Å². The van der Waals surface area contributed by atoms with Crippen LogP contribution in [0.3, 0.4) is 0 Å². The van der Waals surface area contributed by atoms with Crippen molar-refractivity contribution in [2.45, 2.75) is 25.9 Å². The van der Waals surface area contributed by atoms with Crippen molar-refractivity contribution in [3.05, 3.63) is 47.8 Å². The monoisotopic (exact) mass is 254 g/mol. The van der Waals surface area contributed by atoms with E-state index < -0.39 is 0 Å². The highest BCUT2D eigenvalue weighted by Gasteiger charge is 2.28. The lowest BCUT2D eigenvalue weighted by Gasteiger charge is -2.22. The third kappa shape index (κ3) is 2.19. The molecule has 1 atom stereocenters. The van der Waals surface area contributed by atoms with Gasteiger partial charge >= 0.3 is 0 Å². The molecule has 1 aromatic carbocycles. The largest absolute Gasteiger partial charge is 0.316 e. The molecule has 98 valence electrons. The average molecular weight is 254 g/mol. The van der Waals surface area contributed by atoms with E-state index in [-0.39, 0.29) is 0 Å². The lowest BCUT2D eigenvalue weighted by atomic mass is 10.1. The van der Waals surface area contributed by atoms with Crippen LogP contribution < -0.4 is 10.2 Å². The zero-order chi connectivity index (χ0) is 13.2. The lowest BCUT2D eigenvalue weighted by Crippen LogP contribution is -2.25. The summed E-state index contributed by atoms with van der Waals surface area (Å²) in [5, 5.41) is 3.10. The molecule has 0 amide bonds. The van der Waals surface area contributed by atoms with Gasteiger partial charge in [-0.05, 0) is 32.0 Å². The van der Waals surface area contributed by atoms with E-state index in [9.17, 15) is 0 Å². The summed E-state index contributed by atoms with van der Waals surface area (Å²) >= 11 is 0. The first-order valence-electron chi connectivity index (χ1n) is 6.62. The Balaban J connectivity index is 1.93. The van der Waals surface area contributed by atoms with E-state index in [1.54, 1.807) is 0 Å². The number of nitrogens with zero attached hydrogens (tertiary/aromatic N) is 3. The zero-order valence-electron chi connectivity index (χ0n) is 11.3.